The molecule has 12 nitrogen and oxygen atoms in total. The number of thioether (sulfide) groups is 1. The number of hydrogen-bond acceptors (Lipinski definition) is 11. The molecule has 2 amide bonds. The molecule has 2 fully saturated rings. The molecule has 0 bridgehead atoms. The number of nitrogens with two attached hydrogens (primary N) is 1. The minimum Gasteiger partial charge on any atom is -0.477 e. The lowest BCUT2D eigenvalue weighted by molar-refractivity contribution is -0.150. The maximum absolute atomic E-state index is 12.8. The fraction of sp³-hybridized carbons (Fsp3) is 0.368. The van der Waals surface area contributed by atoms with Gasteiger partial charge in [0.2, 0.25) is 0 Å². The van der Waals surface area contributed by atoms with E-state index < -0.39 is 35.3 Å². The molecule has 0 radical (unpaired) electrons. The summed E-state index contributed by atoms with van der Waals surface area (Å²) in [5.41, 5.74) is 5.92. The third kappa shape index (κ3) is 4.43. The van der Waals surface area contributed by atoms with Crippen LogP contribution in [0.25, 0.3) is 0 Å². The monoisotopic (exact) mass is 493 g/mol. The van der Waals surface area contributed by atoms with Gasteiger partial charge >= 0.3 is 11.9 Å². The number of carbonyl (C=O) groups excluding carboxylic acids is 3. The predicted octanol–water partition coefficient (Wildman–Crippen LogP) is 0.0762. The van der Waals surface area contributed by atoms with Gasteiger partial charge in [0.25, 0.3) is 11.8 Å². The largest absolute Gasteiger partial charge is 0.477 e. The minimum atomic E-state index is -1.26. The zero-order valence-electron chi connectivity index (χ0n) is 17.2. The lowest BCUT2D eigenvalue weighted by Gasteiger charge is -2.49. The van der Waals surface area contributed by atoms with E-state index in [0.29, 0.717) is 24.2 Å². The number of carboxylic acids is 1. The standard InChI is InChI=1S/C19H19N5O7S2/c1-30-23-12(10-7-33-19(20)21-10)15(26)22-13-16(27)24-14(18(28)29)8(6-32-17(13)24)2-3-9-4-5-11(25)31-9/h2-3,7,9,13,17H,4-6H2,1H3,(H2,20,21)(H,22,26)(H,28,29)/b3-2+,23-12-/t9?,13-,17+/m1/s1. The van der Waals surface area contributed by atoms with Crippen molar-refractivity contribution in [3.05, 3.63) is 34.5 Å². The number of β-lactam (4-membered cyclic amide) rings is 1. The lowest BCUT2D eigenvalue weighted by Crippen LogP contribution is -2.71. The van der Waals surface area contributed by atoms with Crippen molar-refractivity contribution in [3.8, 4) is 0 Å². The van der Waals surface area contributed by atoms with Crippen molar-refractivity contribution in [2.45, 2.75) is 30.4 Å². The first kappa shape index (κ1) is 22.8. The SMILES string of the molecule is CO/N=C(\C(=O)N[C@@H]1C(=O)N2C(C(=O)O)=C(/C=C/C3CCC(=O)O3)CS[C@@H]12)c1csc(N)n1. The van der Waals surface area contributed by atoms with Gasteiger partial charge in [-0.25, -0.2) is 9.78 Å². The Morgan fingerprint density at radius 3 is 2.85 bits per heavy atom. The summed E-state index contributed by atoms with van der Waals surface area (Å²) in [5, 5.41) is 17.2. The van der Waals surface area contributed by atoms with E-state index >= 15 is 0 Å². The molecule has 1 aromatic heterocycles. The molecule has 174 valence electrons. The molecule has 1 unspecified atom stereocenters. The number of carboxylic acid groups (broad SMARTS) is 1. The first-order chi connectivity index (χ1) is 15.8. The average Bonchev–Trinajstić information content (AvgIpc) is 3.40. The number of nitrogen functional groups attached to an aromatic ring is 1. The number of amides is 2. The Morgan fingerprint density at radius 2 is 2.24 bits per heavy atom. The predicted molar refractivity (Wildman–Crippen MR) is 118 cm³/mol. The van der Waals surface area contributed by atoms with Crippen LogP contribution in [-0.4, -0.2) is 74.8 Å². The maximum atomic E-state index is 12.8. The number of aromatic nitrogens is 1. The number of ether oxygens (including phenoxy) is 1. The molecule has 4 rings (SSSR count). The molecule has 0 saturated carbocycles. The molecule has 14 heteroatoms. The van der Waals surface area contributed by atoms with Crippen LogP contribution in [0.15, 0.2) is 34.0 Å². The van der Waals surface area contributed by atoms with E-state index in [2.05, 4.69) is 15.5 Å². The summed E-state index contributed by atoms with van der Waals surface area (Å²) < 4.78 is 5.11. The van der Waals surface area contributed by atoms with Crippen molar-refractivity contribution in [2.75, 3.05) is 18.6 Å². The van der Waals surface area contributed by atoms with Gasteiger partial charge in [-0.05, 0) is 18.1 Å². The van der Waals surface area contributed by atoms with E-state index in [1.165, 1.54) is 24.3 Å². The fourth-order valence-electron chi connectivity index (χ4n) is 3.58. The molecule has 3 atom stereocenters. The molecule has 0 aliphatic carbocycles. The Balaban J connectivity index is 1.50. The molecular weight excluding hydrogens is 474 g/mol. The molecule has 1 aromatic rings. The van der Waals surface area contributed by atoms with Crippen LogP contribution in [-0.2, 0) is 28.8 Å². The molecule has 0 aromatic carbocycles. The second-order valence-electron chi connectivity index (χ2n) is 7.16. The highest BCUT2D eigenvalue weighted by atomic mass is 32.2. The number of anilines is 1. The van der Waals surface area contributed by atoms with E-state index in [4.69, 9.17) is 15.3 Å². The summed E-state index contributed by atoms with van der Waals surface area (Å²) in [7, 11) is 1.27. The molecule has 3 aliphatic heterocycles. The smallest absolute Gasteiger partial charge is 0.352 e. The zero-order valence-corrected chi connectivity index (χ0v) is 18.9. The van der Waals surface area contributed by atoms with Crippen LogP contribution in [0.5, 0.6) is 0 Å². The number of oxime groups is 1. The molecule has 0 spiro atoms. The number of esters is 1. The topological polar surface area (TPSA) is 174 Å². The van der Waals surface area contributed by atoms with E-state index in [9.17, 15) is 24.3 Å². The second kappa shape index (κ2) is 9.23. The third-order valence-corrected chi connectivity index (χ3v) is 7.05. The highest BCUT2D eigenvalue weighted by Crippen LogP contribution is 2.40. The minimum absolute atomic E-state index is 0.152. The number of allylic oxidation sites excluding steroid dienone is 1. The second-order valence-corrected chi connectivity index (χ2v) is 9.15. The summed E-state index contributed by atoms with van der Waals surface area (Å²) in [6.07, 6.45) is 3.62. The number of nitrogens with one attached hydrogen (secondary N) is 1. The Bertz CT molecular complexity index is 1110. The van der Waals surface area contributed by atoms with Crippen molar-refractivity contribution in [2.24, 2.45) is 5.16 Å². The van der Waals surface area contributed by atoms with Crippen LogP contribution < -0.4 is 11.1 Å². The van der Waals surface area contributed by atoms with Crippen LogP contribution in [0.4, 0.5) is 5.13 Å². The van der Waals surface area contributed by atoms with Crippen LogP contribution in [0.1, 0.15) is 18.5 Å². The highest BCUT2D eigenvalue weighted by molar-refractivity contribution is 8.00. The Morgan fingerprint density at radius 1 is 1.45 bits per heavy atom. The lowest BCUT2D eigenvalue weighted by atomic mass is 10.0. The zero-order chi connectivity index (χ0) is 23.7. The molecule has 2 saturated heterocycles. The van der Waals surface area contributed by atoms with Gasteiger partial charge in [0, 0.05) is 17.6 Å². The highest BCUT2D eigenvalue weighted by Gasteiger charge is 2.54. The fourth-order valence-corrected chi connectivity index (χ4v) is 5.44. The number of rotatable bonds is 7. The molecule has 33 heavy (non-hydrogen) atoms. The van der Waals surface area contributed by atoms with Crippen molar-refractivity contribution in [1.29, 1.82) is 0 Å². The average molecular weight is 494 g/mol. The van der Waals surface area contributed by atoms with Gasteiger partial charge < -0.3 is 25.7 Å². The summed E-state index contributed by atoms with van der Waals surface area (Å²) >= 11 is 2.43. The van der Waals surface area contributed by atoms with E-state index in [0.717, 1.165) is 16.2 Å². The number of fused-ring (bicyclic) bond motifs is 1. The van der Waals surface area contributed by atoms with Gasteiger partial charge in [0.1, 0.15) is 36.0 Å². The van der Waals surface area contributed by atoms with E-state index in [1.54, 1.807) is 12.2 Å². The summed E-state index contributed by atoms with van der Waals surface area (Å²) in [4.78, 5) is 58.6. The Hall–Kier alpha value is -3.39. The van der Waals surface area contributed by atoms with E-state index in [-0.39, 0.29) is 28.2 Å². The van der Waals surface area contributed by atoms with Crippen LogP contribution in [0.3, 0.4) is 0 Å². The Labute approximate surface area is 195 Å². The number of hydrogen-bond donors (Lipinski definition) is 3. The number of cyclic esters (lactones) is 1. The maximum Gasteiger partial charge on any atom is 0.352 e. The first-order valence-electron chi connectivity index (χ1n) is 9.72. The van der Waals surface area contributed by atoms with Gasteiger partial charge in [-0.1, -0.05) is 11.2 Å². The number of nitrogens with zero attached hydrogens (tertiary/aromatic N) is 3. The van der Waals surface area contributed by atoms with E-state index in [1.807, 2.05) is 0 Å². The molecule has 4 heterocycles. The molecular formula is C19H19N5O7S2. The first-order valence-corrected chi connectivity index (χ1v) is 11.6. The van der Waals surface area contributed by atoms with Crippen molar-refractivity contribution >= 4 is 57.7 Å². The van der Waals surface area contributed by atoms with Gasteiger partial charge in [-0.3, -0.25) is 19.3 Å². The van der Waals surface area contributed by atoms with Crippen molar-refractivity contribution in [3.63, 3.8) is 0 Å². The van der Waals surface area contributed by atoms with Crippen LogP contribution >= 0.6 is 23.1 Å². The van der Waals surface area contributed by atoms with Crippen molar-refractivity contribution in [1.82, 2.24) is 15.2 Å². The summed E-state index contributed by atoms with van der Waals surface area (Å²) in [6, 6.07) is -0.948. The molecule has 3 aliphatic rings. The number of aliphatic carboxylic acids is 1. The quantitative estimate of drug-likeness (QED) is 0.204. The number of thiazole rings is 1. The van der Waals surface area contributed by atoms with Gasteiger partial charge in [-0.15, -0.1) is 23.1 Å². The number of carbonyl (C=O) groups is 4. The Kier molecular flexibility index (Phi) is 6.37. The third-order valence-electron chi connectivity index (χ3n) is 5.08. The molecule has 4 N–H and O–H groups in total. The van der Waals surface area contributed by atoms with Gasteiger partial charge in [-0.2, -0.15) is 0 Å². The van der Waals surface area contributed by atoms with Gasteiger partial charge in [0.15, 0.2) is 10.8 Å². The normalized spacial score (nSPS) is 25.1. The summed E-state index contributed by atoms with van der Waals surface area (Å²) in [6.45, 7) is 0. The van der Waals surface area contributed by atoms with Gasteiger partial charge in [0.05, 0.1) is 0 Å². The van der Waals surface area contributed by atoms with Crippen LogP contribution in [0.2, 0.25) is 0 Å². The van der Waals surface area contributed by atoms with Crippen molar-refractivity contribution < 1.29 is 33.9 Å². The van der Waals surface area contributed by atoms with Crippen LogP contribution in [0, 0.1) is 0 Å². The summed E-state index contributed by atoms with van der Waals surface area (Å²) in [5.74, 6) is -2.54.